The molecule has 0 saturated carbocycles. The number of hydrogen-bond acceptors (Lipinski definition) is 6. The molecule has 0 rings (SSSR count). The van der Waals surface area contributed by atoms with E-state index in [9.17, 15) is 14.4 Å². The number of carbonyl (C=O) groups excluding carboxylic acids is 3. The predicted molar refractivity (Wildman–Crippen MR) is 362 cm³/mol. The number of allylic oxidation sites excluding steroid dienone is 22. The largest absolute Gasteiger partial charge is 0.462 e. The van der Waals surface area contributed by atoms with E-state index in [4.69, 9.17) is 14.2 Å². The lowest BCUT2D eigenvalue weighted by Crippen LogP contribution is -2.30. The number of esters is 3. The Labute approximate surface area is 513 Å². The lowest BCUT2D eigenvalue weighted by Gasteiger charge is -2.18. The fraction of sp³-hybridized carbons (Fsp3) is 0.675. The first-order valence-electron chi connectivity index (χ1n) is 34.7. The summed E-state index contributed by atoms with van der Waals surface area (Å²) in [4.78, 5) is 38.4. The van der Waals surface area contributed by atoms with Gasteiger partial charge in [0.2, 0.25) is 0 Å². The van der Waals surface area contributed by atoms with E-state index in [1.165, 1.54) is 141 Å². The molecule has 6 nitrogen and oxygen atoms in total. The Bertz CT molecular complexity index is 1750. The molecule has 0 aliphatic rings. The average molecular weight is 1150 g/mol. The van der Waals surface area contributed by atoms with Crippen LogP contribution in [0.15, 0.2) is 134 Å². The third-order valence-corrected chi connectivity index (χ3v) is 14.6. The molecule has 0 amide bonds. The highest BCUT2D eigenvalue weighted by atomic mass is 16.6. The van der Waals surface area contributed by atoms with Gasteiger partial charge in [0.1, 0.15) is 13.2 Å². The molecule has 6 heteroatoms. The van der Waals surface area contributed by atoms with Gasteiger partial charge in [-0.3, -0.25) is 14.4 Å². The summed E-state index contributed by atoms with van der Waals surface area (Å²) in [5.74, 6) is -0.901. The van der Waals surface area contributed by atoms with Crippen LogP contribution in [0.5, 0.6) is 0 Å². The van der Waals surface area contributed by atoms with Crippen molar-refractivity contribution in [1.29, 1.82) is 0 Å². The first-order valence-corrected chi connectivity index (χ1v) is 34.7. The van der Waals surface area contributed by atoms with E-state index in [0.29, 0.717) is 19.3 Å². The molecule has 1 unspecified atom stereocenters. The topological polar surface area (TPSA) is 78.9 Å². The smallest absolute Gasteiger partial charge is 0.306 e. The van der Waals surface area contributed by atoms with Crippen LogP contribution in [0.1, 0.15) is 316 Å². The Morgan fingerprint density at radius 1 is 0.253 bits per heavy atom. The summed E-state index contributed by atoms with van der Waals surface area (Å²) >= 11 is 0. The van der Waals surface area contributed by atoms with Crippen LogP contribution in [0.3, 0.4) is 0 Å². The van der Waals surface area contributed by atoms with Gasteiger partial charge in [-0.1, -0.05) is 296 Å². The van der Waals surface area contributed by atoms with Gasteiger partial charge in [0, 0.05) is 19.3 Å². The zero-order chi connectivity index (χ0) is 59.9. The van der Waals surface area contributed by atoms with Gasteiger partial charge in [-0.15, -0.1) is 0 Å². The van der Waals surface area contributed by atoms with Crippen molar-refractivity contribution in [2.75, 3.05) is 13.2 Å². The Kier molecular flexibility index (Phi) is 66.3. The molecular formula is C77H128O6. The van der Waals surface area contributed by atoms with Gasteiger partial charge < -0.3 is 14.2 Å². The van der Waals surface area contributed by atoms with Gasteiger partial charge >= 0.3 is 17.9 Å². The van der Waals surface area contributed by atoms with Crippen molar-refractivity contribution in [3.63, 3.8) is 0 Å². The highest BCUT2D eigenvalue weighted by molar-refractivity contribution is 5.71. The molecular weight excluding hydrogens is 1020 g/mol. The van der Waals surface area contributed by atoms with Crippen molar-refractivity contribution in [2.24, 2.45) is 0 Å². The van der Waals surface area contributed by atoms with Crippen LogP contribution in [0, 0.1) is 0 Å². The van der Waals surface area contributed by atoms with Gasteiger partial charge in [0.15, 0.2) is 6.10 Å². The summed E-state index contributed by atoms with van der Waals surface area (Å²) in [5, 5.41) is 0. The van der Waals surface area contributed by atoms with Crippen molar-refractivity contribution in [2.45, 2.75) is 322 Å². The lowest BCUT2D eigenvalue weighted by molar-refractivity contribution is -0.167. The van der Waals surface area contributed by atoms with Gasteiger partial charge in [-0.05, 0) is 135 Å². The zero-order valence-electron chi connectivity index (χ0n) is 54.2. The van der Waals surface area contributed by atoms with Crippen molar-refractivity contribution >= 4 is 17.9 Å². The molecule has 0 spiro atoms. The van der Waals surface area contributed by atoms with E-state index < -0.39 is 6.10 Å². The minimum atomic E-state index is -0.793. The van der Waals surface area contributed by atoms with E-state index in [1.54, 1.807) is 0 Å². The molecule has 1 atom stereocenters. The van der Waals surface area contributed by atoms with Crippen LogP contribution in [0.25, 0.3) is 0 Å². The monoisotopic (exact) mass is 1150 g/mol. The molecule has 0 fully saturated rings. The average Bonchev–Trinajstić information content (AvgIpc) is 3.49. The predicted octanol–water partition coefficient (Wildman–Crippen LogP) is 24.1. The molecule has 0 radical (unpaired) electrons. The summed E-state index contributed by atoms with van der Waals surface area (Å²) < 4.78 is 17.0. The number of ether oxygens (including phenoxy) is 3. The van der Waals surface area contributed by atoms with Gasteiger partial charge in [0.05, 0.1) is 0 Å². The summed E-state index contributed by atoms with van der Waals surface area (Å²) in [6.45, 7) is 6.40. The molecule has 0 aromatic carbocycles. The molecule has 0 aromatic heterocycles. The maximum Gasteiger partial charge on any atom is 0.306 e. The van der Waals surface area contributed by atoms with E-state index in [1.807, 2.05) is 0 Å². The molecule has 0 aliphatic carbocycles. The van der Waals surface area contributed by atoms with Crippen LogP contribution in [-0.4, -0.2) is 37.2 Å². The quantitative estimate of drug-likeness (QED) is 0.0261. The molecule has 472 valence electrons. The summed E-state index contributed by atoms with van der Waals surface area (Å²) in [7, 11) is 0. The van der Waals surface area contributed by atoms with Crippen molar-refractivity contribution in [3.05, 3.63) is 134 Å². The lowest BCUT2D eigenvalue weighted by atomic mass is 10.0. The van der Waals surface area contributed by atoms with Crippen molar-refractivity contribution in [3.8, 4) is 0 Å². The van der Waals surface area contributed by atoms with Gasteiger partial charge in [0.25, 0.3) is 0 Å². The van der Waals surface area contributed by atoms with Crippen LogP contribution in [-0.2, 0) is 28.6 Å². The zero-order valence-corrected chi connectivity index (χ0v) is 54.2. The van der Waals surface area contributed by atoms with E-state index in [-0.39, 0.29) is 31.1 Å². The number of rotatable bonds is 62. The molecule has 0 aromatic rings. The standard InChI is InChI=1S/C77H128O6/c1-4-7-10-13-16-19-22-25-27-29-31-33-35-36-37-38-39-40-42-43-45-47-49-52-55-58-61-64-67-70-76(79)82-73-74(72-81-75(78)69-66-63-60-57-54-51-24-21-18-15-12-9-6-3)83-77(80)71-68-65-62-59-56-53-50-48-46-44-41-34-32-30-28-26-23-20-17-14-11-8-5-2/h7-8,10-11,16-17,19-21,24-28,31-34,36-37,44,46,74H,4-6,9,12-15,18,22-23,29-30,35,38-43,45,47-73H2,1-3H3/b10-7-,11-8-,19-16-,20-17-,24-21-,27-25-,28-26-,33-31-,34-32-,37-36-,46-44-. The van der Waals surface area contributed by atoms with Crippen molar-refractivity contribution < 1.29 is 28.6 Å². The van der Waals surface area contributed by atoms with Crippen LogP contribution in [0.2, 0.25) is 0 Å². The van der Waals surface area contributed by atoms with Crippen LogP contribution < -0.4 is 0 Å². The van der Waals surface area contributed by atoms with Crippen LogP contribution >= 0.6 is 0 Å². The maximum absolute atomic E-state index is 12.9. The van der Waals surface area contributed by atoms with E-state index in [0.717, 1.165) is 135 Å². The fourth-order valence-electron chi connectivity index (χ4n) is 9.49. The number of unbranched alkanes of at least 4 members (excludes halogenated alkanes) is 29. The first kappa shape index (κ1) is 78.5. The SMILES string of the molecule is CC/C=C\C/C=C\C/C=C\C/C=C\C/C=C\CCCCCCCCCCCCCCCC(=O)OCC(COC(=O)CCCCCCC/C=C\CCCCCC)OC(=O)CCCCCCCCC/C=C\C/C=C\C/C=C\C/C=C\C/C=C\CC. The second-order valence-electron chi connectivity index (χ2n) is 22.7. The molecule has 0 aliphatic heterocycles. The Morgan fingerprint density at radius 2 is 0.470 bits per heavy atom. The van der Waals surface area contributed by atoms with Crippen molar-refractivity contribution in [1.82, 2.24) is 0 Å². The number of hydrogen-bond donors (Lipinski definition) is 0. The first-order chi connectivity index (χ1) is 41.0. The highest BCUT2D eigenvalue weighted by Gasteiger charge is 2.19. The van der Waals surface area contributed by atoms with E-state index >= 15 is 0 Å². The second kappa shape index (κ2) is 70.0. The third kappa shape index (κ3) is 68.2. The summed E-state index contributed by atoms with van der Waals surface area (Å²) in [5.41, 5.74) is 0. The third-order valence-electron chi connectivity index (χ3n) is 14.6. The molecule has 0 N–H and O–H groups in total. The van der Waals surface area contributed by atoms with Gasteiger partial charge in [-0.2, -0.15) is 0 Å². The molecule has 0 heterocycles. The fourth-order valence-corrected chi connectivity index (χ4v) is 9.49. The Morgan fingerprint density at radius 3 is 0.747 bits per heavy atom. The second-order valence-corrected chi connectivity index (χ2v) is 22.7. The minimum absolute atomic E-state index is 0.0875. The minimum Gasteiger partial charge on any atom is -0.462 e. The normalized spacial score (nSPS) is 13.0. The van der Waals surface area contributed by atoms with Gasteiger partial charge in [-0.25, -0.2) is 0 Å². The van der Waals surface area contributed by atoms with Crippen LogP contribution in [0.4, 0.5) is 0 Å². The highest BCUT2D eigenvalue weighted by Crippen LogP contribution is 2.16. The summed E-state index contributed by atoms with van der Waals surface area (Å²) in [6, 6.07) is 0. The van der Waals surface area contributed by atoms with E-state index in [2.05, 4.69) is 154 Å². The Balaban J connectivity index is 4.32. The summed E-state index contributed by atoms with van der Waals surface area (Å²) in [6.07, 6.45) is 99.0. The molecule has 83 heavy (non-hydrogen) atoms. The molecule has 0 saturated heterocycles. The Hall–Kier alpha value is -4.45. The molecule has 0 bridgehead atoms. The number of carbonyl (C=O) groups is 3. The maximum atomic E-state index is 12.9.